The van der Waals surface area contributed by atoms with Crippen LogP contribution in [0.4, 0.5) is 0 Å². The summed E-state index contributed by atoms with van der Waals surface area (Å²) in [6.45, 7) is 7.23. The van der Waals surface area contributed by atoms with Crippen molar-refractivity contribution in [1.29, 1.82) is 0 Å². The highest BCUT2D eigenvalue weighted by molar-refractivity contribution is 5.89. The maximum atomic E-state index is 4.85. The molecule has 0 saturated carbocycles. The van der Waals surface area contributed by atoms with E-state index in [0.29, 0.717) is 6.04 Å². The van der Waals surface area contributed by atoms with Crippen LogP contribution in [0.1, 0.15) is 11.1 Å². The maximum Gasteiger partial charge on any atom is 0.118 e. The zero-order valence-corrected chi connectivity index (χ0v) is 15.6. The Morgan fingerprint density at radius 2 is 1.50 bits per heavy atom. The summed E-state index contributed by atoms with van der Waals surface area (Å²) in [5.41, 5.74) is 2.78. The number of hydrogen-bond donors (Lipinski definition) is 0. The van der Waals surface area contributed by atoms with Gasteiger partial charge in [-0.1, -0.05) is 60.7 Å². The van der Waals surface area contributed by atoms with E-state index in [1.54, 1.807) is 0 Å². The van der Waals surface area contributed by atoms with Crippen molar-refractivity contribution in [3.05, 3.63) is 71.8 Å². The van der Waals surface area contributed by atoms with Gasteiger partial charge in [0.15, 0.2) is 0 Å². The van der Waals surface area contributed by atoms with Crippen molar-refractivity contribution >= 4 is 5.84 Å². The van der Waals surface area contributed by atoms with Gasteiger partial charge in [-0.25, -0.2) is 0 Å². The third kappa shape index (κ3) is 3.97. The fraction of sp³-hybridized carbons (Fsp3) is 0.409. The molecule has 0 aromatic heterocycles. The molecule has 0 bridgehead atoms. The van der Waals surface area contributed by atoms with Crippen LogP contribution in [-0.4, -0.2) is 66.3 Å². The summed E-state index contributed by atoms with van der Waals surface area (Å²) in [6, 6.07) is 22.0. The fourth-order valence-electron chi connectivity index (χ4n) is 4.02. The second-order valence-electron chi connectivity index (χ2n) is 7.35. The maximum absolute atomic E-state index is 4.85. The van der Waals surface area contributed by atoms with E-state index in [-0.39, 0.29) is 0 Å². The van der Waals surface area contributed by atoms with Crippen LogP contribution in [0.5, 0.6) is 0 Å². The molecular formula is C22H28N4. The predicted molar refractivity (Wildman–Crippen MR) is 107 cm³/mol. The second-order valence-corrected chi connectivity index (χ2v) is 7.35. The number of rotatable bonds is 5. The van der Waals surface area contributed by atoms with E-state index < -0.39 is 0 Å². The first kappa shape index (κ1) is 17.3. The van der Waals surface area contributed by atoms with Gasteiger partial charge in [0.2, 0.25) is 0 Å². The average Bonchev–Trinajstić information content (AvgIpc) is 3.10. The van der Waals surface area contributed by atoms with E-state index in [4.69, 9.17) is 4.99 Å². The van der Waals surface area contributed by atoms with Crippen LogP contribution in [0.25, 0.3) is 0 Å². The quantitative estimate of drug-likeness (QED) is 0.829. The van der Waals surface area contributed by atoms with E-state index in [9.17, 15) is 0 Å². The molecule has 26 heavy (non-hydrogen) atoms. The Bertz CT molecular complexity index is 728. The molecule has 2 aromatic carbocycles. The molecule has 0 aliphatic carbocycles. The molecular weight excluding hydrogens is 320 g/mol. The van der Waals surface area contributed by atoms with E-state index >= 15 is 0 Å². The van der Waals surface area contributed by atoms with Crippen molar-refractivity contribution in [2.24, 2.45) is 4.99 Å². The molecule has 0 N–H and O–H groups in total. The van der Waals surface area contributed by atoms with Crippen LogP contribution in [0.2, 0.25) is 0 Å². The lowest BCUT2D eigenvalue weighted by Gasteiger charge is -2.42. The molecule has 1 saturated heterocycles. The van der Waals surface area contributed by atoms with Crippen LogP contribution in [-0.2, 0) is 13.1 Å². The lowest BCUT2D eigenvalue weighted by molar-refractivity contribution is 0.0911. The summed E-state index contributed by atoms with van der Waals surface area (Å²) in [5.74, 6) is 1.26. The molecule has 4 rings (SSSR count). The third-order valence-corrected chi connectivity index (χ3v) is 5.45. The first-order valence-electron chi connectivity index (χ1n) is 9.59. The minimum absolute atomic E-state index is 0.375. The molecule has 4 heteroatoms. The molecule has 1 atom stereocenters. The van der Waals surface area contributed by atoms with Crippen LogP contribution in [0, 0.1) is 0 Å². The Morgan fingerprint density at radius 3 is 2.12 bits per heavy atom. The van der Waals surface area contributed by atoms with Crippen molar-refractivity contribution in [3.8, 4) is 0 Å². The van der Waals surface area contributed by atoms with Crippen molar-refractivity contribution in [2.75, 3.05) is 39.8 Å². The number of benzene rings is 2. The smallest absolute Gasteiger partial charge is 0.118 e. The summed E-state index contributed by atoms with van der Waals surface area (Å²) in [4.78, 5) is 12.4. The summed E-state index contributed by atoms with van der Waals surface area (Å²) in [5, 5.41) is 0. The molecule has 4 nitrogen and oxygen atoms in total. The van der Waals surface area contributed by atoms with E-state index in [1.807, 2.05) is 0 Å². The van der Waals surface area contributed by atoms with Crippen molar-refractivity contribution < 1.29 is 0 Å². The summed E-state index contributed by atoms with van der Waals surface area (Å²) < 4.78 is 0. The Morgan fingerprint density at radius 1 is 0.846 bits per heavy atom. The van der Waals surface area contributed by atoms with Gasteiger partial charge < -0.3 is 4.90 Å². The Kier molecular flexibility index (Phi) is 5.32. The number of nitrogens with zero attached hydrogens (tertiary/aromatic N) is 4. The van der Waals surface area contributed by atoms with Gasteiger partial charge in [0, 0.05) is 46.3 Å². The van der Waals surface area contributed by atoms with Gasteiger partial charge in [0.05, 0.1) is 12.6 Å². The summed E-state index contributed by atoms with van der Waals surface area (Å²) in [7, 11) is 2.18. The standard InChI is InChI=1S/C22H28N4/c1-24-13-12-23-22(24)21-18-25(16-19-8-4-2-5-9-19)14-15-26(21)17-20-10-6-3-7-11-20/h2-11,21H,12-18H2,1H3. The topological polar surface area (TPSA) is 22.1 Å². The lowest BCUT2D eigenvalue weighted by atomic mass is 10.1. The number of aliphatic imine (C=N–C) groups is 1. The van der Waals surface area contributed by atoms with Crippen molar-refractivity contribution in [1.82, 2.24) is 14.7 Å². The monoisotopic (exact) mass is 348 g/mol. The first-order valence-corrected chi connectivity index (χ1v) is 9.59. The molecule has 2 aliphatic rings. The lowest BCUT2D eigenvalue weighted by Crippen LogP contribution is -2.57. The van der Waals surface area contributed by atoms with Gasteiger partial charge in [-0.15, -0.1) is 0 Å². The normalized spacial score (nSPS) is 21.8. The molecule has 0 spiro atoms. The SMILES string of the molecule is CN1CCN=C1C1CN(Cc2ccccc2)CCN1Cc1ccccc1. The van der Waals surface area contributed by atoms with Crippen LogP contribution in [0.15, 0.2) is 65.7 Å². The Balaban J connectivity index is 1.50. The third-order valence-electron chi connectivity index (χ3n) is 5.45. The average molecular weight is 348 g/mol. The number of piperazine rings is 1. The van der Waals surface area contributed by atoms with Gasteiger partial charge >= 0.3 is 0 Å². The molecule has 1 fully saturated rings. The highest BCUT2D eigenvalue weighted by Gasteiger charge is 2.33. The van der Waals surface area contributed by atoms with Gasteiger partial charge in [0.1, 0.15) is 5.84 Å². The van der Waals surface area contributed by atoms with Crippen molar-refractivity contribution in [2.45, 2.75) is 19.1 Å². The number of amidine groups is 1. The predicted octanol–water partition coefficient (Wildman–Crippen LogP) is 2.72. The minimum atomic E-state index is 0.375. The van der Waals surface area contributed by atoms with E-state index in [0.717, 1.165) is 45.8 Å². The van der Waals surface area contributed by atoms with Gasteiger partial charge in [0.25, 0.3) is 0 Å². The Labute approximate surface area is 156 Å². The Hall–Kier alpha value is -2.17. The van der Waals surface area contributed by atoms with Gasteiger partial charge in [-0.2, -0.15) is 0 Å². The summed E-state index contributed by atoms with van der Waals surface area (Å²) >= 11 is 0. The molecule has 2 aromatic rings. The zero-order chi connectivity index (χ0) is 17.8. The second kappa shape index (κ2) is 8.02. The molecule has 0 amide bonds. The molecule has 1 unspecified atom stereocenters. The van der Waals surface area contributed by atoms with E-state index in [2.05, 4.69) is 82.4 Å². The summed E-state index contributed by atoms with van der Waals surface area (Å²) in [6.07, 6.45) is 0. The number of hydrogen-bond acceptors (Lipinski definition) is 4. The van der Waals surface area contributed by atoms with Gasteiger partial charge in [-0.05, 0) is 11.1 Å². The van der Waals surface area contributed by atoms with Crippen molar-refractivity contribution in [3.63, 3.8) is 0 Å². The first-order chi connectivity index (χ1) is 12.8. The van der Waals surface area contributed by atoms with E-state index in [1.165, 1.54) is 17.0 Å². The fourth-order valence-corrected chi connectivity index (χ4v) is 4.02. The molecule has 136 valence electrons. The molecule has 2 heterocycles. The zero-order valence-electron chi connectivity index (χ0n) is 15.6. The van der Waals surface area contributed by atoms with Crippen LogP contribution < -0.4 is 0 Å². The minimum Gasteiger partial charge on any atom is -0.360 e. The van der Waals surface area contributed by atoms with Crippen LogP contribution in [0.3, 0.4) is 0 Å². The molecule has 2 aliphatic heterocycles. The highest BCUT2D eigenvalue weighted by Crippen LogP contribution is 2.20. The van der Waals surface area contributed by atoms with Crippen LogP contribution >= 0.6 is 0 Å². The van der Waals surface area contributed by atoms with Gasteiger partial charge in [-0.3, -0.25) is 14.8 Å². The number of likely N-dealkylation sites (N-methyl/N-ethyl adjacent to an activating group) is 1. The highest BCUT2D eigenvalue weighted by atomic mass is 15.3. The largest absolute Gasteiger partial charge is 0.360 e. The molecule has 0 radical (unpaired) electrons.